The van der Waals surface area contributed by atoms with E-state index in [1.165, 1.54) is 12.2 Å². The molecule has 0 saturated carbocycles. The summed E-state index contributed by atoms with van der Waals surface area (Å²) in [6.07, 6.45) is 3.45. The Bertz CT molecular complexity index is 263. The standard InChI is InChI=1S/C8H6F2/c1-6-4-7(9)2-3-8(10)5-6/h2,4-5H,1H3. The Hall–Kier alpha value is -1.14. The molecule has 0 atom stereocenters. The molecule has 0 aromatic carbocycles. The minimum Gasteiger partial charge on any atom is -0.206 e. The van der Waals surface area contributed by atoms with Gasteiger partial charge in [-0.25, -0.2) is 4.39 Å². The second kappa shape index (κ2) is 2.63. The average molecular weight is 140 g/mol. The maximum atomic E-state index is 12.4. The zero-order valence-electron chi connectivity index (χ0n) is 5.49. The number of allylic oxidation sites excluding steroid dienone is 5. The van der Waals surface area contributed by atoms with Gasteiger partial charge in [0, 0.05) is 6.08 Å². The number of halogens is 2. The molecule has 10 heavy (non-hydrogen) atoms. The highest BCUT2D eigenvalue weighted by Gasteiger charge is 1.95. The third-order valence-electron chi connectivity index (χ3n) is 1.07. The van der Waals surface area contributed by atoms with Crippen molar-refractivity contribution in [1.82, 2.24) is 0 Å². The van der Waals surface area contributed by atoms with Crippen LogP contribution >= 0.6 is 0 Å². The molecule has 1 rings (SSSR count). The quantitative estimate of drug-likeness (QED) is 0.454. The number of hydrogen-bond acceptors (Lipinski definition) is 0. The van der Waals surface area contributed by atoms with Crippen LogP contribution in [0.2, 0.25) is 0 Å². The Morgan fingerprint density at radius 3 is 2.70 bits per heavy atom. The molecule has 0 aliphatic heterocycles. The summed E-state index contributed by atoms with van der Waals surface area (Å²) in [6.45, 7) is 1.62. The summed E-state index contributed by atoms with van der Waals surface area (Å²) in [6, 6.07) is 0. The zero-order chi connectivity index (χ0) is 7.56. The summed E-state index contributed by atoms with van der Waals surface area (Å²) >= 11 is 0. The second-order valence-corrected chi connectivity index (χ2v) is 2.05. The molecule has 52 valence electrons. The van der Waals surface area contributed by atoms with E-state index in [-0.39, 0.29) is 0 Å². The molecule has 0 aromatic heterocycles. The van der Waals surface area contributed by atoms with Crippen molar-refractivity contribution in [3.8, 4) is 0 Å². The topological polar surface area (TPSA) is 0 Å². The Morgan fingerprint density at radius 2 is 2.00 bits per heavy atom. The van der Waals surface area contributed by atoms with Gasteiger partial charge >= 0.3 is 0 Å². The number of rotatable bonds is 0. The fraction of sp³-hybridized carbons (Fsp3) is 0.125. The average Bonchev–Trinajstić information content (AvgIpc) is 1.93. The summed E-state index contributed by atoms with van der Waals surface area (Å²) in [5.41, 5.74) is 2.68. The highest BCUT2D eigenvalue weighted by atomic mass is 19.1. The SMILES string of the molecule is CC1=CC(F)=C=CC(F)=C1. The van der Waals surface area contributed by atoms with Crippen LogP contribution in [0.5, 0.6) is 0 Å². The van der Waals surface area contributed by atoms with Crippen molar-refractivity contribution < 1.29 is 8.78 Å². The smallest absolute Gasteiger partial charge is 0.165 e. The highest BCUT2D eigenvalue weighted by molar-refractivity contribution is 5.33. The first-order valence-electron chi connectivity index (χ1n) is 2.86. The van der Waals surface area contributed by atoms with Gasteiger partial charge in [0.05, 0.1) is 0 Å². The lowest BCUT2D eigenvalue weighted by molar-refractivity contribution is 0.662. The van der Waals surface area contributed by atoms with E-state index < -0.39 is 11.7 Å². The van der Waals surface area contributed by atoms with Crippen molar-refractivity contribution in [2.24, 2.45) is 0 Å². The lowest BCUT2D eigenvalue weighted by Gasteiger charge is -1.85. The molecule has 0 unspecified atom stereocenters. The van der Waals surface area contributed by atoms with Crippen molar-refractivity contribution in [2.75, 3.05) is 0 Å². The third kappa shape index (κ3) is 1.67. The van der Waals surface area contributed by atoms with Gasteiger partial charge in [0.2, 0.25) is 0 Å². The molecule has 0 nitrogen and oxygen atoms in total. The predicted octanol–water partition coefficient (Wildman–Crippen LogP) is 2.81. The molecule has 1 aliphatic carbocycles. The lowest BCUT2D eigenvalue weighted by Crippen LogP contribution is -1.68. The molecule has 0 fully saturated rings. The summed E-state index contributed by atoms with van der Waals surface area (Å²) in [5, 5.41) is 0. The molecule has 0 bridgehead atoms. The van der Waals surface area contributed by atoms with Crippen LogP contribution in [0.1, 0.15) is 6.92 Å². The van der Waals surface area contributed by atoms with E-state index in [9.17, 15) is 8.78 Å². The maximum Gasteiger partial charge on any atom is 0.165 e. The molecule has 0 spiro atoms. The van der Waals surface area contributed by atoms with Gasteiger partial charge in [0.25, 0.3) is 0 Å². The molecular formula is C8H6F2. The van der Waals surface area contributed by atoms with E-state index in [4.69, 9.17) is 0 Å². The third-order valence-corrected chi connectivity index (χ3v) is 1.07. The Morgan fingerprint density at radius 1 is 1.30 bits per heavy atom. The van der Waals surface area contributed by atoms with E-state index in [1.54, 1.807) is 6.92 Å². The molecule has 2 heteroatoms. The van der Waals surface area contributed by atoms with E-state index in [1.807, 2.05) is 0 Å². The van der Waals surface area contributed by atoms with Gasteiger partial charge in [-0.05, 0) is 24.6 Å². The van der Waals surface area contributed by atoms with E-state index in [0.717, 1.165) is 6.08 Å². The van der Waals surface area contributed by atoms with Gasteiger partial charge in [-0.3, -0.25) is 0 Å². The number of hydrogen-bond donors (Lipinski definition) is 0. The molecule has 0 saturated heterocycles. The summed E-state index contributed by atoms with van der Waals surface area (Å²) in [4.78, 5) is 0. The largest absolute Gasteiger partial charge is 0.206 e. The first-order valence-corrected chi connectivity index (χ1v) is 2.86. The zero-order valence-corrected chi connectivity index (χ0v) is 5.49. The van der Waals surface area contributed by atoms with Crippen LogP contribution < -0.4 is 0 Å². The summed E-state index contributed by atoms with van der Waals surface area (Å²) in [7, 11) is 0. The molecule has 0 radical (unpaired) electrons. The first-order chi connectivity index (χ1) is 4.68. The predicted molar refractivity (Wildman–Crippen MR) is 35.7 cm³/mol. The van der Waals surface area contributed by atoms with Crippen LogP contribution in [0.3, 0.4) is 0 Å². The van der Waals surface area contributed by atoms with E-state index in [0.29, 0.717) is 5.57 Å². The molecule has 1 aliphatic rings. The van der Waals surface area contributed by atoms with Gasteiger partial charge in [-0.1, -0.05) is 5.73 Å². The van der Waals surface area contributed by atoms with Crippen LogP contribution in [0.25, 0.3) is 0 Å². The maximum absolute atomic E-state index is 12.4. The summed E-state index contributed by atoms with van der Waals surface area (Å²) in [5.74, 6) is -1.01. The fourth-order valence-corrected chi connectivity index (χ4v) is 0.680. The Labute approximate surface area is 57.9 Å². The van der Waals surface area contributed by atoms with Crippen molar-refractivity contribution in [3.63, 3.8) is 0 Å². The highest BCUT2D eigenvalue weighted by Crippen LogP contribution is 2.12. The van der Waals surface area contributed by atoms with Gasteiger partial charge in [-0.15, -0.1) is 0 Å². The lowest BCUT2D eigenvalue weighted by atomic mass is 10.2. The fourth-order valence-electron chi connectivity index (χ4n) is 0.680. The van der Waals surface area contributed by atoms with Crippen LogP contribution in [0.4, 0.5) is 8.78 Å². The molecule has 0 aromatic rings. The van der Waals surface area contributed by atoms with E-state index >= 15 is 0 Å². The van der Waals surface area contributed by atoms with Crippen molar-refractivity contribution in [2.45, 2.75) is 6.92 Å². The Balaban J connectivity index is 3.10. The van der Waals surface area contributed by atoms with Crippen LogP contribution in [0.15, 0.2) is 41.2 Å². The first kappa shape index (κ1) is 6.97. The molecule has 0 heterocycles. The minimum absolute atomic E-state index is 0.471. The van der Waals surface area contributed by atoms with Crippen LogP contribution in [0, 0.1) is 0 Å². The molecule has 0 amide bonds. The van der Waals surface area contributed by atoms with Crippen molar-refractivity contribution >= 4 is 0 Å². The molecular weight excluding hydrogens is 134 g/mol. The monoisotopic (exact) mass is 140 g/mol. The van der Waals surface area contributed by atoms with Crippen molar-refractivity contribution in [3.05, 3.63) is 41.2 Å². The van der Waals surface area contributed by atoms with Gasteiger partial charge < -0.3 is 0 Å². The second-order valence-electron chi connectivity index (χ2n) is 2.05. The van der Waals surface area contributed by atoms with E-state index in [2.05, 4.69) is 5.73 Å². The van der Waals surface area contributed by atoms with Gasteiger partial charge in [0.1, 0.15) is 5.83 Å². The summed E-state index contributed by atoms with van der Waals surface area (Å²) < 4.78 is 24.8. The minimum atomic E-state index is -0.540. The normalized spacial score (nSPS) is 17.3. The van der Waals surface area contributed by atoms with Crippen LogP contribution in [-0.2, 0) is 0 Å². The van der Waals surface area contributed by atoms with Crippen LogP contribution in [-0.4, -0.2) is 0 Å². The molecule has 0 N–H and O–H groups in total. The van der Waals surface area contributed by atoms with Gasteiger partial charge in [-0.2, -0.15) is 4.39 Å². The van der Waals surface area contributed by atoms with Gasteiger partial charge in [0.15, 0.2) is 5.83 Å². The van der Waals surface area contributed by atoms with Crippen molar-refractivity contribution in [1.29, 1.82) is 0 Å². The Kier molecular flexibility index (Phi) is 1.83.